The summed E-state index contributed by atoms with van der Waals surface area (Å²) in [4.78, 5) is 10.6. The zero-order valence-corrected chi connectivity index (χ0v) is 7.29. The third kappa shape index (κ3) is 2.55. The second-order valence-electron chi connectivity index (χ2n) is 2.56. The Morgan fingerprint density at radius 2 is 2.00 bits per heavy atom. The molecule has 0 fully saturated rings. The van der Waals surface area contributed by atoms with Gasteiger partial charge in [-0.3, -0.25) is 4.79 Å². The average molecular weight is 184 g/mol. The van der Waals surface area contributed by atoms with Crippen LogP contribution >= 0.6 is 11.6 Å². The highest BCUT2D eigenvalue weighted by atomic mass is 35.5. The summed E-state index contributed by atoms with van der Waals surface area (Å²) in [5, 5.41) is -0.604. The van der Waals surface area contributed by atoms with Crippen LogP contribution in [0.4, 0.5) is 0 Å². The van der Waals surface area contributed by atoms with Crippen LogP contribution in [0, 0.1) is 0 Å². The van der Waals surface area contributed by atoms with Gasteiger partial charge in [0, 0.05) is 0 Å². The molecule has 1 rings (SSSR count). The molecule has 1 unspecified atom stereocenters. The molecule has 0 bridgehead atoms. The van der Waals surface area contributed by atoms with Crippen molar-refractivity contribution >= 4 is 17.5 Å². The van der Waals surface area contributed by atoms with E-state index in [1.54, 1.807) is 0 Å². The summed E-state index contributed by atoms with van der Waals surface area (Å²) >= 11 is 5.68. The van der Waals surface area contributed by atoms with Gasteiger partial charge in [-0.05, 0) is 12.0 Å². The number of nitrogens with two attached hydrogens (primary N) is 1. The van der Waals surface area contributed by atoms with E-state index >= 15 is 0 Å². The van der Waals surface area contributed by atoms with Gasteiger partial charge in [-0.15, -0.1) is 11.6 Å². The summed E-state index contributed by atoms with van der Waals surface area (Å²) in [6.07, 6.45) is 0.498. The topological polar surface area (TPSA) is 43.1 Å². The Morgan fingerprint density at radius 1 is 1.42 bits per heavy atom. The van der Waals surface area contributed by atoms with Crippen LogP contribution in [0.1, 0.15) is 5.56 Å². The second-order valence-corrected chi connectivity index (χ2v) is 3.09. The number of hydrogen-bond acceptors (Lipinski definition) is 1. The zero-order valence-electron chi connectivity index (χ0n) is 6.53. The Labute approximate surface area is 76.3 Å². The highest BCUT2D eigenvalue weighted by Gasteiger charge is 2.10. The van der Waals surface area contributed by atoms with Crippen molar-refractivity contribution in [2.24, 2.45) is 5.73 Å². The maximum Gasteiger partial charge on any atom is 0.235 e. The van der Waals surface area contributed by atoms with Crippen molar-refractivity contribution in [1.82, 2.24) is 0 Å². The Kier molecular flexibility index (Phi) is 3.11. The van der Waals surface area contributed by atoms with Gasteiger partial charge in [0.1, 0.15) is 5.38 Å². The van der Waals surface area contributed by atoms with Gasteiger partial charge in [0.2, 0.25) is 5.91 Å². The van der Waals surface area contributed by atoms with Crippen LogP contribution in [0.25, 0.3) is 0 Å². The number of amides is 1. The molecule has 3 heteroatoms. The standard InChI is InChI=1S/C9H10ClNO/c10-8(9(11)12)6-7-4-2-1-3-5-7/h1-5,8H,6H2,(H2,11,12). The molecule has 64 valence electrons. The zero-order chi connectivity index (χ0) is 8.97. The maximum atomic E-state index is 10.6. The van der Waals surface area contributed by atoms with Crippen molar-refractivity contribution in [2.45, 2.75) is 11.8 Å². The Bertz CT molecular complexity index is 260. The molecule has 12 heavy (non-hydrogen) atoms. The van der Waals surface area contributed by atoms with E-state index in [0.29, 0.717) is 6.42 Å². The van der Waals surface area contributed by atoms with E-state index in [9.17, 15) is 4.79 Å². The first-order valence-electron chi connectivity index (χ1n) is 3.67. The summed E-state index contributed by atoms with van der Waals surface area (Å²) in [5.74, 6) is -0.472. The van der Waals surface area contributed by atoms with Gasteiger partial charge in [-0.25, -0.2) is 0 Å². The number of hydrogen-bond donors (Lipinski definition) is 1. The first kappa shape index (κ1) is 9.07. The summed E-state index contributed by atoms with van der Waals surface area (Å²) in [5.41, 5.74) is 6.04. The maximum absolute atomic E-state index is 10.6. The molecule has 1 aromatic rings. The van der Waals surface area contributed by atoms with E-state index in [2.05, 4.69) is 0 Å². The van der Waals surface area contributed by atoms with E-state index in [4.69, 9.17) is 17.3 Å². The minimum absolute atomic E-state index is 0.472. The first-order chi connectivity index (χ1) is 5.70. The van der Waals surface area contributed by atoms with E-state index < -0.39 is 11.3 Å². The van der Waals surface area contributed by atoms with Crippen molar-refractivity contribution in [1.29, 1.82) is 0 Å². The van der Waals surface area contributed by atoms with Crippen molar-refractivity contribution < 1.29 is 4.79 Å². The van der Waals surface area contributed by atoms with Crippen LogP contribution in [0.3, 0.4) is 0 Å². The summed E-state index contributed by atoms with van der Waals surface area (Å²) in [7, 11) is 0. The average Bonchev–Trinajstić information content (AvgIpc) is 2.06. The lowest BCUT2D eigenvalue weighted by Crippen LogP contribution is -2.25. The molecule has 1 amide bonds. The Hall–Kier alpha value is -1.02. The molecule has 0 aromatic heterocycles. The summed E-state index contributed by atoms with van der Waals surface area (Å²) in [6, 6.07) is 9.55. The van der Waals surface area contributed by atoms with Crippen LogP contribution < -0.4 is 5.73 Å². The summed E-state index contributed by atoms with van der Waals surface area (Å²) < 4.78 is 0. The van der Waals surface area contributed by atoms with E-state index in [0.717, 1.165) is 5.56 Å². The minimum Gasteiger partial charge on any atom is -0.368 e. The normalized spacial score (nSPS) is 12.4. The third-order valence-electron chi connectivity index (χ3n) is 1.57. The van der Waals surface area contributed by atoms with Gasteiger partial charge in [-0.2, -0.15) is 0 Å². The predicted molar refractivity (Wildman–Crippen MR) is 49.0 cm³/mol. The second kappa shape index (κ2) is 4.12. The molecule has 2 nitrogen and oxygen atoms in total. The molecule has 0 radical (unpaired) electrons. The molecule has 0 aliphatic rings. The van der Waals surface area contributed by atoms with Crippen LogP contribution in [0.2, 0.25) is 0 Å². The Morgan fingerprint density at radius 3 is 2.50 bits per heavy atom. The smallest absolute Gasteiger partial charge is 0.235 e. The predicted octanol–water partition coefficient (Wildman–Crippen LogP) is 1.32. The Balaban J connectivity index is 2.58. The molecule has 2 N–H and O–H groups in total. The lowest BCUT2D eigenvalue weighted by molar-refractivity contribution is -0.117. The van der Waals surface area contributed by atoms with Gasteiger partial charge in [-0.1, -0.05) is 30.3 Å². The van der Waals surface area contributed by atoms with Crippen LogP contribution in [-0.4, -0.2) is 11.3 Å². The molecule has 0 saturated heterocycles. The molecule has 1 atom stereocenters. The molecular formula is C9H10ClNO. The van der Waals surface area contributed by atoms with Crippen molar-refractivity contribution in [3.05, 3.63) is 35.9 Å². The molecule has 1 aromatic carbocycles. The van der Waals surface area contributed by atoms with Crippen LogP contribution in [0.15, 0.2) is 30.3 Å². The fourth-order valence-corrected chi connectivity index (χ4v) is 1.10. The number of primary amides is 1. The number of rotatable bonds is 3. The molecule has 0 heterocycles. The van der Waals surface area contributed by atoms with Gasteiger partial charge in [0.05, 0.1) is 0 Å². The highest BCUT2D eigenvalue weighted by molar-refractivity contribution is 6.30. The van der Waals surface area contributed by atoms with Gasteiger partial charge in [0.15, 0.2) is 0 Å². The lowest BCUT2D eigenvalue weighted by Gasteiger charge is -2.03. The summed E-state index contributed by atoms with van der Waals surface area (Å²) in [6.45, 7) is 0. The van der Waals surface area contributed by atoms with Gasteiger partial charge < -0.3 is 5.73 Å². The molecule has 0 aliphatic heterocycles. The quantitative estimate of drug-likeness (QED) is 0.706. The number of halogens is 1. The van der Waals surface area contributed by atoms with E-state index in [1.165, 1.54) is 0 Å². The largest absolute Gasteiger partial charge is 0.368 e. The number of carbonyl (C=O) groups is 1. The monoisotopic (exact) mass is 183 g/mol. The van der Waals surface area contributed by atoms with Gasteiger partial charge >= 0.3 is 0 Å². The fraction of sp³-hybridized carbons (Fsp3) is 0.222. The molecular weight excluding hydrogens is 174 g/mol. The SMILES string of the molecule is NC(=O)C(Cl)Cc1ccccc1. The fourth-order valence-electron chi connectivity index (χ4n) is 0.922. The minimum atomic E-state index is -0.604. The third-order valence-corrected chi connectivity index (χ3v) is 1.94. The number of carbonyl (C=O) groups excluding carboxylic acids is 1. The van der Waals surface area contributed by atoms with Crippen LogP contribution in [-0.2, 0) is 11.2 Å². The van der Waals surface area contributed by atoms with E-state index in [1.807, 2.05) is 30.3 Å². The number of alkyl halides is 1. The van der Waals surface area contributed by atoms with Crippen molar-refractivity contribution in [3.8, 4) is 0 Å². The molecule has 0 spiro atoms. The highest BCUT2D eigenvalue weighted by Crippen LogP contribution is 2.06. The van der Waals surface area contributed by atoms with Crippen LogP contribution in [0.5, 0.6) is 0 Å². The first-order valence-corrected chi connectivity index (χ1v) is 4.11. The van der Waals surface area contributed by atoms with Gasteiger partial charge in [0.25, 0.3) is 0 Å². The van der Waals surface area contributed by atoms with Crippen molar-refractivity contribution in [2.75, 3.05) is 0 Å². The van der Waals surface area contributed by atoms with Crippen molar-refractivity contribution in [3.63, 3.8) is 0 Å². The van der Waals surface area contributed by atoms with E-state index in [-0.39, 0.29) is 0 Å². The number of benzene rings is 1. The molecule has 0 aliphatic carbocycles. The molecule has 0 saturated carbocycles. The lowest BCUT2D eigenvalue weighted by atomic mass is 10.1.